The first-order valence-corrected chi connectivity index (χ1v) is 5.74. The molecule has 0 atom stereocenters. The van der Waals surface area contributed by atoms with Crippen LogP contribution in [0.4, 0.5) is 0 Å². The van der Waals surface area contributed by atoms with Crippen LogP contribution in [0.25, 0.3) is 10.2 Å². The van der Waals surface area contributed by atoms with Crippen molar-refractivity contribution in [3.8, 4) is 0 Å². The molecule has 16 heavy (non-hydrogen) atoms. The second kappa shape index (κ2) is 4.45. The molecule has 0 amide bonds. The summed E-state index contributed by atoms with van der Waals surface area (Å²) in [6.07, 6.45) is 1.10. The quantitative estimate of drug-likeness (QED) is 0.826. The van der Waals surface area contributed by atoms with Gasteiger partial charge in [-0.05, 0) is 18.6 Å². The Balaban J connectivity index is 2.10. The van der Waals surface area contributed by atoms with Gasteiger partial charge in [-0.15, -0.1) is 11.3 Å². The first-order chi connectivity index (χ1) is 7.66. The minimum absolute atomic E-state index is 0.235. The molecule has 0 bridgehead atoms. The highest BCUT2D eigenvalue weighted by atomic mass is 32.1. The third-order valence-electron chi connectivity index (χ3n) is 2.28. The molecule has 0 aliphatic rings. The summed E-state index contributed by atoms with van der Waals surface area (Å²) in [5, 5.41) is 9.64. The van der Waals surface area contributed by atoms with E-state index in [0.29, 0.717) is 12.8 Å². The number of hydrogen-bond donors (Lipinski definition) is 1. The molecular weight excluding hydrogens is 222 g/mol. The fraction of sp³-hybridized carbons (Fsp3) is 0.167. The maximum atomic E-state index is 10.6. The van der Waals surface area contributed by atoms with Crippen molar-refractivity contribution in [3.05, 3.63) is 41.4 Å². The number of thiazole rings is 1. The second-order valence-electron chi connectivity index (χ2n) is 3.48. The van der Waals surface area contributed by atoms with Gasteiger partial charge < -0.3 is 5.11 Å². The number of aliphatic carboxylic acids is 1. The molecule has 0 fully saturated rings. The maximum absolute atomic E-state index is 10.6. The van der Waals surface area contributed by atoms with Crippen LogP contribution >= 0.6 is 11.3 Å². The number of aromatic nitrogens is 1. The van der Waals surface area contributed by atoms with Crippen LogP contribution in [-0.2, 0) is 11.2 Å². The fourth-order valence-electron chi connectivity index (χ4n) is 1.39. The van der Waals surface area contributed by atoms with E-state index in [1.807, 2.05) is 24.3 Å². The second-order valence-corrected chi connectivity index (χ2v) is 4.60. The average molecular weight is 233 g/mol. The minimum atomic E-state index is -0.930. The molecule has 0 spiro atoms. The summed E-state index contributed by atoms with van der Waals surface area (Å²) in [5.74, 6) is -0.930. The Morgan fingerprint density at radius 3 is 2.88 bits per heavy atom. The fourth-order valence-corrected chi connectivity index (χ4v) is 2.36. The van der Waals surface area contributed by atoms with E-state index in [1.165, 1.54) is 0 Å². The van der Waals surface area contributed by atoms with Crippen LogP contribution in [0.15, 0.2) is 36.4 Å². The first kappa shape index (κ1) is 10.8. The summed E-state index contributed by atoms with van der Waals surface area (Å²) in [7, 11) is 0. The molecule has 0 saturated heterocycles. The lowest BCUT2D eigenvalue weighted by atomic mass is 10.2. The molecule has 1 heterocycles. The number of hydrogen-bond acceptors (Lipinski definition) is 3. The normalized spacial score (nSPS) is 10.5. The number of carboxylic acid groups (broad SMARTS) is 1. The summed E-state index contributed by atoms with van der Waals surface area (Å²) in [4.78, 5) is 15.0. The van der Waals surface area contributed by atoms with Crippen LogP contribution in [0.2, 0.25) is 0 Å². The Bertz CT molecular complexity index is 512. The largest absolute Gasteiger partial charge is 0.478 e. The smallest absolute Gasteiger partial charge is 0.330 e. The van der Waals surface area contributed by atoms with Crippen LogP contribution in [0, 0.1) is 0 Å². The number of nitrogens with zero attached hydrogens (tertiary/aromatic N) is 1. The summed E-state index contributed by atoms with van der Waals surface area (Å²) < 4.78 is 1.14. The van der Waals surface area contributed by atoms with Gasteiger partial charge in [0.25, 0.3) is 0 Å². The van der Waals surface area contributed by atoms with Gasteiger partial charge in [0.15, 0.2) is 0 Å². The Hall–Kier alpha value is -1.68. The molecule has 1 aromatic carbocycles. The molecule has 4 heteroatoms. The minimum Gasteiger partial charge on any atom is -0.478 e. The van der Waals surface area contributed by atoms with Crippen molar-refractivity contribution in [1.82, 2.24) is 4.98 Å². The van der Waals surface area contributed by atoms with Crippen molar-refractivity contribution in [2.24, 2.45) is 0 Å². The summed E-state index contributed by atoms with van der Waals surface area (Å²) >= 11 is 1.61. The molecule has 2 rings (SSSR count). The van der Waals surface area contributed by atoms with Gasteiger partial charge >= 0.3 is 5.97 Å². The Morgan fingerprint density at radius 1 is 1.44 bits per heavy atom. The van der Waals surface area contributed by atoms with Crippen LogP contribution in [0.3, 0.4) is 0 Å². The molecule has 3 nitrogen and oxygen atoms in total. The summed E-state index contributed by atoms with van der Waals surface area (Å²) in [6, 6.07) is 7.90. The molecule has 1 N–H and O–H groups in total. The Morgan fingerprint density at radius 2 is 2.19 bits per heavy atom. The van der Waals surface area contributed by atoms with Crippen molar-refractivity contribution in [1.29, 1.82) is 0 Å². The monoisotopic (exact) mass is 233 g/mol. The standard InChI is InChI=1S/C12H11NO2S/c1-8(12(14)15)6-7-11-13-9-4-2-3-5-10(9)16-11/h2-5H,1,6-7H2,(H,14,15). The van der Waals surface area contributed by atoms with Crippen molar-refractivity contribution in [2.75, 3.05) is 0 Å². The van der Waals surface area contributed by atoms with E-state index in [0.717, 1.165) is 15.2 Å². The lowest BCUT2D eigenvalue weighted by Gasteiger charge is -1.96. The molecule has 0 unspecified atom stereocenters. The zero-order chi connectivity index (χ0) is 11.5. The Kier molecular flexibility index (Phi) is 3.01. The van der Waals surface area contributed by atoms with Crippen molar-refractivity contribution in [2.45, 2.75) is 12.8 Å². The number of aryl methyl sites for hydroxylation is 1. The zero-order valence-corrected chi connectivity index (χ0v) is 9.46. The lowest BCUT2D eigenvalue weighted by molar-refractivity contribution is -0.132. The number of rotatable bonds is 4. The topological polar surface area (TPSA) is 50.2 Å². The Labute approximate surface area is 97.1 Å². The number of carbonyl (C=O) groups is 1. The third-order valence-corrected chi connectivity index (χ3v) is 3.38. The van der Waals surface area contributed by atoms with Crippen molar-refractivity contribution >= 4 is 27.5 Å². The van der Waals surface area contributed by atoms with Gasteiger partial charge in [-0.25, -0.2) is 9.78 Å². The highest BCUT2D eigenvalue weighted by molar-refractivity contribution is 7.18. The van der Waals surface area contributed by atoms with E-state index >= 15 is 0 Å². The van der Waals surface area contributed by atoms with E-state index in [-0.39, 0.29) is 5.57 Å². The highest BCUT2D eigenvalue weighted by Crippen LogP contribution is 2.23. The van der Waals surface area contributed by atoms with Gasteiger partial charge in [-0.2, -0.15) is 0 Å². The summed E-state index contributed by atoms with van der Waals surface area (Å²) in [5.41, 5.74) is 1.21. The average Bonchev–Trinajstić information content (AvgIpc) is 2.68. The van der Waals surface area contributed by atoms with Crippen molar-refractivity contribution in [3.63, 3.8) is 0 Å². The SMILES string of the molecule is C=C(CCc1nc2ccccc2s1)C(=O)O. The summed E-state index contributed by atoms with van der Waals surface area (Å²) in [6.45, 7) is 3.50. The van der Waals surface area contributed by atoms with Gasteiger partial charge in [0.1, 0.15) is 0 Å². The lowest BCUT2D eigenvalue weighted by Crippen LogP contribution is -2.00. The molecule has 0 saturated carbocycles. The number of para-hydroxylation sites is 1. The van der Waals surface area contributed by atoms with Gasteiger partial charge in [-0.1, -0.05) is 18.7 Å². The molecule has 0 aliphatic heterocycles. The van der Waals surface area contributed by atoms with E-state index in [1.54, 1.807) is 11.3 Å². The van der Waals surface area contributed by atoms with Gasteiger partial charge in [-0.3, -0.25) is 0 Å². The van der Waals surface area contributed by atoms with Crippen molar-refractivity contribution < 1.29 is 9.90 Å². The van der Waals surface area contributed by atoms with Crippen LogP contribution < -0.4 is 0 Å². The highest BCUT2D eigenvalue weighted by Gasteiger charge is 2.07. The number of carboxylic acids is 1. The van der Waals surface area contributed by atoms with E-state index in [4.69, 9.17) is 5.11 Å². The van der Waals surface area contributed by atoms with Crippen LogP contribution in [0.1, 0.15) is 11.4 Å². The van der Waals surface area contributed by atoms with E-state index < -0.39 is 5.97 Å². The van der Waals surface area contributed by atoms with E-state index in [2.05, 4.69) is 11.6 Å². The molecule has 0 radical (unpaired) electrons. The number of fused-ring (bicyclic) bond motifs is 1. The van der Waals surface area contributed by atoms with Crippen LogP contribution in [-0.4, -0.2) is 16.1 Å². The molecule has 0 aliphatic carbocycles. The van der Waals surface area contributed by atoms with Gasteiger partial charge in [0.2, 0.25) is 0 Å². The third kappa shape index (κ3) is 2.28. The van der Waals surface area contributed by atoms with Crippen LogP contribution in [0.5, 0.6) is 0 Å². The molecular formula is C12H11NO2S. The number of benzene rings is 1. The molecule has 82 valence electrons. The van der Waals surface area contributed by atoms with E-state index in [9.17, 15) is 4.79 Å². The van der Waals surface area contributed by atoms with Gasteiger partial charge in [0, 0.05) is 12.0 Å². The zero-order valence-electron chi connectivity index (χ0n) is 8.64. The first-order valence-electron chi connectivity index (χ1n) is 4.92. The van der Waals surface area contributed by atoms with Gasteiger partial charge in [0.05, 0.1) is 15.2 Å². The molecule has 2 aromatic rings. The predicted molar refractivity (Wildman–Crippen MR) is 64.7 cm³/mol. The predicted octanol–water partition coefficient (Wildman–Crippen LogP) is 2.87. The maximum Gasteiger partial charge on any atom is 0.330 e. The molecule has 1 aromatic heterocycles.